The zero-order chi connectivity index (χ0) is 12.0. The highest BCUT2D eigenvalue weighted by Crippen LogP contribution is 2.17. The number of halogens is 1. The average Bonchev–Trinajstić information content (AvgIpc) is 2.24. The minimum absolute atomic E-state index is 0.0683. The molecule has 4 nitrogen and oxygen atoms in total. The van der Waals surface area contributed by atoms with E-state index in [1.165, 1.54) is 6.07 Å². The van der Waals surface area contributed by atoms with E-state index in [1.807, 2.05) is 0 Å². The Hall–Kier alpha value is -1.62. The SMILES string of the molecule is COCCCNC(=O)c1ccc(F)cc1O. The number of methoxy groups -OCH3 is 1. The largest absolute Gasteiger partial charge is 0.507 e. The number of benzene rings is 1. The van der Waals surface area contributed by atoms with Crippen molar-refractivity contribution in [2.75, 3.05) is 20.3 Å². The molecule has 16 heavy (non-hydrogen) atoms. The van der Waals surface area contributed by atoms with Gasteiger partial charge in [0, 0.05) is 26.3 Å². The summed E-state index contributed by atoms with van der Waals surface area (Å²) in [5.74, 6) is -1.36. The van der Waals surface area contributed by atoms with Crippen LogP contribution < -0.4 is 5.32 Å². The van der Waals surface area contributed by atoms with Gasteiger partial charge >= 0.3 is 0 Å². The molecule has 1 rings (SSSR count). The van der Waals surface area contributed by atoms with Crippen molar-refractivity contribution in [2.24, 2.45) is 0 Å². The van der Waals surface area contributed by atoms with Gasteiger partial charge in [-0.05, 0) is 18.6 Å². The monoisotopic (exact) mass is 227 g/mol. The van der Waals surface area contributed by atoms with Gasteiger partial charge in [0.25, 0.3) is 5.91 Å². The second-order valence-electron chi connectivity index (χ2n) is 3.26. The summed E-state index contributed by atoms with van der Waals surface area (Å²) in [6.07, 6.45) is 0.685. The topological polar surface area (TPSA) is 58.6 Å². The molecule has 0 heterocycles. The number of nitrogens with one attached hydrogen (secondary N) is 1. The number of amides is 1. The van der Waals surface area contributed by atoms with Crippen molar-refractivity contribution in [2.45, 2.75) is 6.42 Å². The Morgan fingerprint density at radius 2 is 2.31 bits per heavy atom. The Morgan fingerprint density at radius 3 is 2.94 bits per heavy atom. The summed E-state index contributed by atoms with van der Waals surface area (Å²) in [7, 11) is 1.58. The molecule has 0 saturated heterocycles. The van der Waals surface area contributed by atoms with Crippen LogP contribution in [0.2, 0.25) is 0 Å². The van der Waals surface area contributed by atoms with Crippen LogP contribution in [-0.2, 0) is 4.74 Å². The van der Waals surface area contributed by atoms with Gasteiger partial charge in [0.1, 0.15) is 11.6 Å². The fourth-order valence-electron chi connectivity index (χ4n) is 1.21. The summed E-state index contributed by atoms with van der Waals surface area (Å²) in [6.45, 7) is 0.999. The second kappa shape index (κ2) is 6.07. The lowest BCUT2D eigenvalue weighted by atomic mass is 10.2. The zero-order valence-corrected chi connectivity index (χ0v) is 9.00. The van der Waals surface area contributed by atoms with Gasteiger partial charge in [0.05, 0.1) is 5.56 Å². The van der Waals surface area contributed by atoms with E-state index < -0.39 is 11.7 Å². The molecule has 0 aliphatic carbocycles. The van der Waals surface area contributed by atoms with Gasteiger partial charge in [-0.15, -0.1) is 0 Å². The van der Waals surface area contributed by atoms with Gasteiger partial charge in [-0.3, -0.25) is 4.79 Å². The molecule has 0 bridgehead atoms. The van der Waals surface area contributed by atoms with E-state index in [-0.39, 0.29) is 11.3 Å². The molecule has 5 heteroatoms. The van der Waals surface area contributed by atoms with Crippen molar-refractivity contribution in [3.63, 3.8) is 0 Å². The number of hydrogen-bond acceptors (Lipinski definition) is 3. The molecule has 1 aromatic carbocycles. The van der Waals surface area contributed by atoms with Crippen molar-refractivity contribution in [1.29, 1.82) is 0 Å². The van der Waals surface area contributed by atoms with Crippen LogP contribution in [0, 0.1) is 5.82 Å². The predicted molar refractivity (Wildman–Crippen MR) is 56.9 cm³/mol. The van der Waals surface area contributed by atoms with Crippen molar-refractivity contribution in [3.05, 3.63) is 29.6 Å². The van der Waals surface area contributed by atoms with Gasteiger partial charge in [-0.25, -0.2) is 4.39 Å². The fraction of sp³-hybridized carbons (Fsp3) is 0.364. The Balaban J connectivity index is 2.53. The summed E-state index contributed by atoms with van der Waals surface area (Å²) in [5.41, 5.74) is 0.0683. The number of aromatic hydroxyl groups is 1. The van der Waals surface area contributed by atoms with E-state index in [0.29, 0.717) is 19.6 Å². The number of carbonyl (C=O) groups is 1. The Labute approximate surface area is 93.0 Å². The highest BCUT2D eigenvalue weighted by molar-refractivity contribution is 5.96. The van der Waals surface area contributed by atoms with Crippen LogP contribution >= 0.6 is 0 Å². The van der Waals surface area contributed by atoms with Crippen molar-refractivity contribution >= 4 is 5.91 Å². The highest BCUT2D eigenvalue weighted by Gasteiger charge is 2.10. The van der Waals surface area contributed by atoms with Gasteiger partial charge in [-0.2, -0.15) is 0 Å². The van der Waals surface area contributed by atoms with E-state index in [2.05, 4.69) is 5.32 Å². The predicted octanol–water partition coefficient (Wildman–Crippen LogP) is 1.30. The van der Waals surface area contributed by atoms with Crippen LogP contribution in [0.25, 0.3) is 0 Å². The maximum atomic E-state index is 12.7. The lowest BCUT2D eigenvalue weighted by Gasteiger charge is -2.06. The third-order valence-electron chi connectivity index (χ3n) is 2.02. The Kier molecular flexibility index (Phi) is 4.72. The normalized spacial score (nSPS) is 10.1. The average molecular weight is 227 g/mol. The molecule has 0 unspecified atom stereocenters. The molecule has 0 atom stereocenters. The number of phenols is 1. The first-order valence-corrected chi connectivity index (χ1v) is 4.91. The molecule has 88 valence electrons. The number of rotatable bonds is 5. The second-order valence-corrected chi connectivity index (χ2v) is 3.26. The standard InChI is InChI=1S/C11H14FNO3/c1-16-6-2-5-13-11(15)9-4-3-8(12)7-10(9)14/h3-4,7,14H,2,5-6H2,1H3,(H,13,15). The van der Waals surface area contributed by atoms with Crippen LogP contribution in [0.5, 0.6) is 5.75 Å². The van der Waals surface area contributed by atoms with E-state index in [0.717, 1.165) is 12.1 Å². The smallest absolute Gasteiger partial charge is 0.255 e. The lowest BCUT2D eigenvalue weighted by Crippen LogP contribution is -2.25. The molecule has 0 aromatic heterocycles. The number of hydrogen-bond donors (Lipinski definition) is 2. The first kappa shape index (κ1) is 12.4. The quantitative estimate of drug-likeness (QED) is 0.745. The first-order chi connectivity index (χ1) is 7.65. The van der Waals surface area contributed by atoms with Crippen LogP contribution in [0.3, 0.4) is 0 Å². The summed E-state index contributed by atoms with van der Waals surface area (Å²) in [5, 5.41) is 11.9. The fourth-order valence-corrected chi connectivity index (χ4v) is 1.21. The highest BCUT2D eigenvalue weighted by atomic mass is 19.1. The molecule has 0 radical (unpaired) electrons. The minimum atomic E-state index is -0.576. The third-order valence-corrected chi connectivity index (χ3v) is 2.02. The maximum absolute atomic E-state index is 12.7. The molecule has 0 aliphatic heterocycles. The molecule has 0 spiro atoms. The van der Waals surface area contributed by atoms with Crippen molar-refractivity contribution in [1.82, 2.24) is 5.32 Å². The molecule has 1 aromatic rings. The molecular weight excluding hydrogens is 213 g/mol. The summed E-state index contributed by atoms with van der Waals surface area (Å²) in [4.78, 5) is 11.5. The summed E-state index contributed by atoms with van der Waals surface area (Å²) >= 11 is 0. The minimum Gasteiger partial charge on any atom is -0.507 e. The molecule has 0 fully saturated rings. The van der Waals surface area contributed by atoms with Crippen molar-refractivity contribution < 1.29 is 19.0 Å². The molecule has 2 N–H and O–H groups in total. The van der Waals surface area contributed by atoms with Gasteiger partial charge in [0.15, 0.2) is 0 Å². The van der Waals surface area contributed by atoms with E-state index in [4.69, 9.17) is 4.74 Å². The summed E-state index contributed by atoms with van der Waals surface area (Å²) < 4.78 is 17.5. The van der Waals surface area contributed by atoms with E-state index >= 15 is 0 Å². The molecule has 1 amide bonds. The number of carbonyl (C=O) groups excluding carboxylic acids is 1. The van der Waals surface area contributed by atoms with E-state index in [9.17, 15) is 14.3 Å². The molecule has 0 saturated carbocycles. The Morgan fingerprint density at radius 1 is 1.56 bits per heavy atom. The number of ether oxygens (including phenoxy) is 1. The van der Waals surface area contributed by atoms with Crippen molar-refractivity contribution in [3.8, 4) is 5.75 Å². The van der Waals surface area contributed by atoms with Crippen LogP contribution in [0.1, 0.15) is 16.8 Å². The van der Waals surface area contributed by atoms with Crippen LogP contribution in [-0.4, -0.2) is 31.3 Å². The van der Waals surface area contributed by atoms with E-state index in [1.54, 1.807) is 7.11 Å². The number of phenolic OH excluding ortho intramolecular Hbond substituents is 1. The van der Waals surface area contributed by atoms with Crippen LogP contribution in [0.4, 0.5) is 4.39 Å². The lowest BCUT2D eigenvalue weighted by molar-refractivity contribution is 0.0946. The molecular formula is C11H14FNO3. The molecule has 0 aliphatic rings. The Bertz CT molecular complexity index is 368. The first-order valence-electron chi connectivity index (χ1n) is 4.91. The van der Waals surface area contributed by atoms with Gasteiger partial charge < -0.3 is 15.2 Å². The summed E-state index contributed by atoms with van der Waals surface area (Å²) in [6, 6.07) is 3.28. The maximum Gasteiger partial charge on any atom is 0.255 e. The zero-order valence-electron chi connectivity index (χ0n) is 9.00. The third kappa shape index (κ3) is 3.51. The van der Waals surface area contributed by atoms with Gasteiger partial charge in [-0.1, -0.05) is 0 Å². The van der Waals surface area contributed by atoms with Crippen LogP contribution in [0.15, 0.2) is 18.2 Å². The van der Waals surface area contributed by atoms with Gasteiger partial charge in [0.2, 0.25) is 0 Å².